The van der Waals surface area contributed by atoms with Crippen molar-refractivity contribution < 1.29 is 95.3 Å². The van der Waals surface area contributed by atoms with E-state index in [-0.39, 0.29) is 149 Å². The maximum Gasteiger partial charge on any atom is 1.00 e. The Morgan fingerprint density at radius 3 is 1.51 bits per heavy atom. The summed E-state index contributed by atoms with van der Waals surface area (Å²) in [4.78, 5) is 24.4. The number of nitrogens with one attached hydrogen (secondary N) is 4. The quantitative estimate of drug-likeness (QED) is 0.0225. The van der Waals surface area contributed by atoms with Gasteiger partial charge in [0.1, 0.15) is 20.2 Å². The van der Waals surface area contributed by atoms with E-state index in [0.29, 0.717) is 11.4 Å². The third kappa shape index (κ3) is 12.7. The van der Waals surface area contributed by atoms with E-state index >= 15 is 0 Å². The molecule has 0 aliphatic carbocycles. The zero-order chi connectivity index (χ0) is 40.6. The summed E-state index contributed by atoms with van der Waals surface area (Å²) in [5, 5.41) is 30.3. The molecule has 19 nitrogen and oxygen atoms in total. The number of aliphatic hydroxyl groups is 2. The van der Waals surface area contributed by atoms with Gasteiger partial charge in [-0.05, 0) is 48.0 Å². The maximum atomic E-state index is 12.6. The van der Waals surface area contributed by atoms with E-state index in [1.54, 1.807) is 48.5 Å². The van der Waals surface area contributed by atoms with Gasteiger partial charge in [-0.25, -0.2) is 16.8 Å². The molecule has 59 heavy (non-hydrogen) atoms. The second-order valence-corrected chi connectivity index (χ2v) is 14.6. The number of nitrogens with two attached hydrogens (primary N) is 1. The van der Waals surface area contributed by atoms with Crippen LogP contribution in [0.25, 0.3) is 34.9 Å². The van der Waals surface area contributed by atoms with Crippen LogP contribution in [0.4, 0.5) is 40.9 Å². The number of anilines is 7. The average molecular weight is 858 g/mol. The first kappa shape index (κ1) is 47.1. The van der Waals surface area contributed by atoms with Crippen LogP contribution in [0.1, 0.15) is 11.1 Å². The zero-order valence-corrected chi connectivity index (χ0v) is 37.2. The van der Waals surface area contributed by atoms with Gasteiger partial charge in [0.15, 0.2) is 11.6 Å². The van der Waals surface area contributed by atoms with Gasteiger partial charge in [-0.2, -0.15) is 29.9 Å². The maximum absolute atomic E-state index is 12.6. The first-order chi connectivity index (χ1) is 27.3. The van der Waals surface area contributed by atoms with Crippen molar-refractivity contribution in [3.8, 4) is 22.8 Å². The molecule has 0 unspecified atom stereocenters. The summed E-state index contributed by atoms with van der Waals surface area (Å²) in [6, 6.07) is 23.9. The molecule has 0 radical (unpaired) electrons. The molecule has 0 aliphatic rings. The summed E-state index contributed by atoms with van der Waals surface area (Å²) in [5.41, 5.74) is 7.01. The monoisotopic (exact) mass is 857 g/mol. The molecule has 294 valence electrons. The Labute approximate surface area is 383 Å². The van der Waals surface area contributed by atoms with Crippen molar-refractivity contribution in [2.45, 2.75) is 9.79 Å². The van der Waals surface area contributed by atoms with E-state index in [2.05, 4.69) is 51.2 Å². The Morgan fingerprint density at radius 1 is 0.576 bits per heavy atom. The molecule has 0 saturated heterocycles. The Balaban J connectivity index is 0.00000384. The van der Waals surface area contributed by atoms with Crippen LogP contribution in [-0.4, -0.2) is 92.4 Å². The van der Waals surface area contributed by atoms with Crippen molar-refractivity contribution in [2.75, 3.05) is 53.3 Å². The van der Waals surface area contributed by atoms with Crippen LogP contribution in [-0.2, 0) is 20.2 Å². The summed E-state index contributed by atoms with van der Waals surface area (Å²) in [6.45, 7) is -0.317. The Hall–Kier alpha value is -4.62. The number of rotatable bonds is 16. The molecule has 6 rings (SSSR count). The molecule has 0 spiro atoms. The molecule has 6 aromatic rings. The Bertz CT molecular complexity index is 2650. The summed E-state index contributed by atoms with van der Waals surface area (Å²) < 4.78 is 75.7. The minimum atomic E-state index is -5.24. The Kier molecular flexibility index (Phi) is 16.8. The Morgan fingerprint density at radius 2 is 1.03 bits per heavy atom. The SMILES string of the molecule is Nc1cc(-c2nc(NCCO)nc(Nc3ccccc3)n2)cc(S(=O)(=O)[O-])c1C=Cc1ccc(-c2nc(NCCO)nc(Nc3ccccc3)n2)cc1S(=O)(=O)[O-].[Na+].[Na+]. The first-order valence-electron chi connectivity index (χ1n) is 16.8. The van der Waals surface area contributed by atoms with Gasteiger partial charge in [0.2, 0.25) is 23.8 Å². The van der Waals surface area contributed by atoms with Gasteiger partial charge in [-0.3, -0.25) is 0 Å². The van der Waals surface area contributed by atoms with Crippen LogP contribution in [0.2, 0.25) is 0 Å². The fourth-order valence-corrected chi connectivity index (χ4v) is 6.70. The third-order valence-electron chi connectivity index (χ3n) is 7.79. The number of aliphatic hydroxyl groups excluding tert-OH is 2. The number of nitrogens with zero attached hydrogens (tertiary/aromatic N) is 6. The van der Waals surface area contributed by atoms with E-state index in [1.165, 1.54) is 18.2 Å². The first-order valence-corrected chi connectivity index (χ1v) is 19.7. The molecular weight excluding hydrogens is 825 g/mol. The number of benzene rings is 4. The number of nitrogen functional groups attached to an aromatic ring is 1. The largest absolute Gasteiger partial charge is 1.00 e. The van der Waals surface area contributed by atoms with Gasteiger partial charge in [0, 0.05) is 46.8 Å². The molecule has 0 fully saturated rings. The molecule has 0 amide bonds. The fourth-order valence-electron chi connectivity index (χ4n) is 5.28. The van der Waals surface area contributed by atoms with Gasteiger partial charge in [-0.15, -0.1) is 0 Å². The van der Waals surface area contributed by atoms with Crippen LogP contribution >= 0.6 is 0 Å². The van der Waals surface area contributed by atoms with Gasteiger partial charge in [-0.1, -0.05) is 60.7 Å². The van der Waals surface area contributed by atoms with Crippen molar-refractivity contribution in [1.29, 1.82) is 0 Å². The molecule has 0 aliphatic heterocycles. The number of hydrogen-bond donors (Lipinski definition) is 7. The molecule has 2 aromatic heterocycles. The normalized spacial score (nSPS) is 11.3. The molecule has 0 atom stereocenters. The van der Waals surface area contributed by atoms with Gasteiger partial charge in [0.25, 0.3) is 0 Å². The van der Waals surface area contributed by atoms with Crippen molar-refractivity contribution in [2.24, 2.45) is 0 Å². The van der Waals surface area contributed by atoms with Crippen LogP contribution < -0.4 is 86.1 Å². The minimum Gasteiger partial charge on any atom is -0.744 e. The summed E-state index contributed by atoms with van der Waals surface area (Å²) in [7, 11) is -10.4. The van der Waals surface area contributed by atoms with E-state index in [0.717, 1.165) is 24.3 Å². The van der Waals surface area contributed by atoms with Gasteiger partial charge >= 0.3 is 59.1 Å². The summed E-state index contributed by atoms with van der Waals surface area (Å²) >= 11 is 0. The van der Waals surface area contributed by atoms with Crippen LogP contribution in [0, 0.1) is 0 Å². The van der Waals surface area contributed by atoms with Crippen LogP contribution in [0.15, 0.2) is 101 Å². The van der Waals surface area contributed by atoms with Crippen molar-refractivity contribution in [3.05, 3.63) is 102 Å². The third-order valence-corrected chi connectivity index (χ3v) is 9.56. The molecular formula is C36H33N11Na2O8S2. The second kappa shape index (κ2) is 21.1. The van der Waals surface area contributed by atoms with Crippen molar-refractivity contribution in [3.63, 3.8) is 0 Å². The fraction of sp³-hybridized carbons (Fsp3) is 0.111. The van der Waals surface area contributed by atoms with E-state index in [9.17, 15) is 36.2 Å². The number of para-hydroxylation sites is 2. The standard InChI is InChI=1S/C36H35N11O8S2.2Na/c37-28-19-24(32-43-34(39-16-18-49)47-36(45-32)41-26-9-5-2-6-10-26)21-30(57(53,54)55)27(28)14-13-22-11-12-23(20-29(22)56(50,51)52)31-42-33(38-15-17-48)46-35(44-31)40-25-7-3-1-4-8-25;;/h1-14,19-21,48-49H,15-18,37H2,(H,50,51,52)(H,53,54,55)(H2,38,40,42,44,46)(H2,39,41,43,45,47);;/q;2*+1/p-2. The number of hydrogen-bond acceptors (Lipinski definition) is 19. The predicted octanol–water partition coefficient (Wildman–Crippen LogP) is -2.74. The molecule has 8 N–H and O–H groups in total. The average Bonchev–Trinajstić information content (AvgIpc) is 3.18. The second-order valence-electron chi connectivity index (χ2n) is 11.9. The van der Waals surface area contributed by atoms with Crippen LogP contribution in [0.3, 0.4) is 0 Å². The molecule has 4 aromatic carbocycles. The zero-order valence-electron chi connectivity index (χ0n) is 31.6. The predicted molar refractivity (Wildman–Crippen MR) is 210 cm³/mol. The van der Waals surface area contributed by atoms with Crippen molar-refractivity contribution >= 4 is 73.2 Å². The van der Waals surface area contributed by atoms with Gasteiger partial charge in [0.05, 0.1) is 23.0 Å². The van der Waals surface area contributed by atoms with E-state index < -0.39 is 30.0 Å². The van der Waals surface area contributed by atoms with Gasteiger partial charge < -0.3 is 46.3 Å². The van der Waals surface area contributed by atoms with Crippen LogP contribution in [0.5, 0.6) is 0 Å². The van der Waals surface area contributed by atoms with Crippen molar-refractivity contribution in [1.82, 2.24) is 29.9 Å². The molecule has 0 saturated carbocycles. The molecule has 0 bridgehead atoms. The number of aromatic nitrogens is 6. The summed E-state index contributed by atoms with van der Waals surface area (Å²) in [5.74, 6) is 0.0852. The molecule has 2 heterocycles. The van der Waals surface area contributed by atoms with E-state index in [4.69, 9.17) is 5.73 Å². The summed E-state index contributed by atoms with van der Waals surface area (Å²) in [6.07, 6.45) is 2.22. The minimum absolute atomic E-state index is 0. The smallest absolute Gasteiger partial charge is 0.744 e. The topological polar surface area (TPSA) is 306 Å². The molecule has 23 heteroatoms. The van der Waals surface area contributed by atoms with E-state index in [1.807, 2.05) is 12.1 Å².